The lowest BCUT2D eigenvalue weighted by Gasteiger charge is -2.11. The maximum Gasteiger partial charge on any atom is 0.237 e. The summed E-state index contributed by atoms with van der Waals surface area (Å²) in [5, 5.41) is 6.08. The molecule has 1 amide bonds. The summed E-state index contributed by atoms with van der Waals surface area (Å²) in [5.74, 6) is -0.228. The molecule has 1 atom stereocenters. The van der Waals surface area contributed by atoms with Crippen LogP contribution >= 0.6 is 0 Å². The molecule has 1 unspecified atom stereocenters. The fraction of sp³-hybridized carbons (Fsp3) is 0.778. The van der Waals surface area contributed by atoms with Gasteiger partial charge in [0.1, 0.15) is 0 Å². The van der Waals surface area contributed by atoms with Crippen molar-refractivity contribution in [3.05, 3.63) is 28.7 Å². The van der Waals surface area contributed by atoms with Gasteiger partial charge in [0, 0.05) is 36.3 Å². The molecule has 0 aliphatic carbocycles. The Hall–Kier alpha value is -2.25. The summed E-state index contributed by atoms with van der Waals surface area (Å²) < 4.78 is 26.7. The second-order valence-electron chi connectivity index (χ2n) is 6.19. The number of nitrogens with two attached hydrogens (primary N) is 1. The molecule has 0 saturated carbocycles. The van der Waals surface area contributed by atoms with Gasteiger partial charge in [-0.15, -0.1) is 0 Å². The van der Waals surface area contributed by atoms with Crippen molar-refractivity contribution < 1.29 is 28.5 Å². The molecule has 0 bridgehead atoms. The number of H-pyrrole nitrogens is 1. The van der Waals surface area contributed by atoms with Crippen molar-refractivity contribution in [3.63, 3.8) is 0 Å². The molecule has 4 N–H and O–H groups in total. The lowest BCUT2D eigenvalue weighted by Crippen LogP contribution is -2.43. The van der Waals surface area contributed by atoms with E-state index >= 15 is 0 Å². The van der Waals surface area contributed by atoms with Crippen molar-refractivity contribution >= 4 is 5.91 Å². The third-order valence-corrected chi connectivity index (χ3v) is 3.76. The molecule has 0 aromatic carbocycles. The summed E-state index contributed by atoms with van der Waals surface area (Å²) >= 11 is 0. The van der Waals surface area contributed by atoms with E-state index in [9.17, 15) is 4.79 Å². The molecular formula is C18H33N7O6. The highest BCUT2D eigenvalue weighted by Gasteiger charge is 2.13. The number of nitrogens with zero attached hydrogens (tertiary/aromatic N) is 4. The van der Waals surface area contributed by atoms with E-state index in [4.69, 9.17) is 34.9 Å². The van der Waals surface area contributed by atoms with E-state index < -0.39 is 6.04 Å². The molecule has 0 spiro atoms. The lowest BCUT2D eigenvalue weighted by atomic mass is 10.1. The van der Waals surface area contributed by atoms with Crippen LogP contribution in [0.2, 0.25) is 0 Å². The first-order valence-electron chi connectivity index (χ1n) is 10.1. The number of hydrogen-bond acceptors (Lipinski definition) is 9. The highest BCUT2D eigenvalue weighted by Crippen LogP contribution is 1.96. The van der Waals surface area contributed by atoms with Gasteiger partial charge in [0.2, 0.25) is 5.91 Å². The first-order chi connectivity index (χ1) is 15.2. The van der Waals surface area contributed by atoms with Gasteiger partial charge in [-0.25, -0.2) is 4.98 Å². The number of nitrogens with one attached hydrogen (secondary N) is 2. The highest BCUT2D eigenvalue weighted by molar-refractivity contribution is 5.81. The Labute approximate surface area is 181 Å². The smallest absolute Gasteiger partial charge is 0.237 e. The molecule has 1 aromatic heterocycles. The van der Waals surface area contributed by atoms with E-state index in [1.54, 1.807) is 12.5 Å². The number of azide groups is 1. The van der Waals surface area contributed by atoms with Gasteiger partial charge in [-0.1, -0.05) is 5.11 Å². The maximum absolute atomic E-state index is 11.9. The standard InChI is InChI=1S/C18H33N7O6/c19-17(13-16-14-21-15-23-16)18(26)22-1-3-27-5-7-29-9-11-31-12-10-30-8-6-28-4-2-24-25-20/h14-15,17H,1-13,19H2,(H,21,23)(H,22,26). The van der Waals surface area contributed by atoms with Gasteiger partial charge in [-0.05, 0) is 5.53 Å². The van der Waals surface area contributed by atoms with Crippen molar-refractivity contribution in [3.8, 4) is 0 Å². The van der Waals surface area contributed by atoms with Crippen molar-refractivity contribution in [2.45, 2.75) is 12.5 Å². The zero-order valence-electron chi connectivity index (χ0n) is 17.7. The van der Waals surface area contributed by atoms with Crippen LogP contribution in [0.1, 0.15) is 5.69 Å². The van der Waals surface area contributed by atoms with Gasteiger partial charge >= 0.3 is 0 Å². The Morgan fingerprint density at radius 1 is 1.03 bits per heavy atom. The Balaban J connectivity index is 1.76. The van der Waals surface area contributed by atoms with Crippen LogP contribution in [-0.2, 0) is 34.9 Å². The Morgan fingerprint density at radius 3 is 2.10 bits per heavy atom. The summed E-state index contributed by atoms with van der Waals surface area (Å²) in [6.45, 7) is 5.15. The summed E-state index contributed by atoms with van der Waals surface area (Å²) in [7, 11) is 0. The van der Waals surface area contributed by atoms with E-state index in [1.807, 2.05) is 0 Å². The molecule has 1 rings (SSSR count). The topological polar surface area (TPSA) is 179 Å². The Kier molecular flexibility index (Phi) is 17.0. The second-order valence-corrected chi connectivity index (χ2v) is 6.19. The molecular weight excluding hydrogens is 410 g/mol. The number of carbonyl (C=O) groups is 1. The van der Waals surface area contributed by atoms with Crippen LogP contribution in [0.3, 0.4) is 0 Å². The number of aromatic amines is 1. The maximum atomic E-state index is 11.9. The average Bonchev–Trinajstić information content (AvgIpc) is 3.28. The van der Waals surface area contributed by atoms with Gasteiger partial charge in [-0.3, -0.25) is 4.79 Å². The molecule has 13 heteroatoms. The van der Waals surface area contributed by atoms with E-state index in [0.717, 1.165) is 5.69 Å². The minimum atomic E-state index is -0.627. The van der Waals surface area contributed by atoms with Crippen molar-refractivity contribution in [1.29, 1.82) is 0 Å². The molecule has 1 heterocycles. The predicted molar refractivity (Wildman–Crippen MR) is 111 cm³/mol. The molecule has 0 fully saturated rings. The average molecular weight is 444 g/mol. The molecule has 176 valence electrons. The first-order valence-corrected chi connectivity index (χ1v) is 10.1. The largest absolute Gasteiger partial charge is 0.379 e. The number of hydrogen-bond donors (Lipinski definition) is 3. The van der Waals surface area contributed by atoms with Gasteiger partial charge < -0.3 is 39.7 Å². The van der Waals surface area contributed by atoms with Gasteiger partial charge in [0.15, 0.2) is 0 Å². The quantitative estimate of drug-likeness (QED) is 0.101. The number of imidazole rings is 1. The SMILES string of the molecule is [N-]=[N+]=NCCOCCOCCOCCOCCOCCNC(=O)C(N)Cc1cnc[nH]1. The summed E-state index contributed by atoms with van der Waals surface area (Å²) in [6.07, 6.45) is 3.60. The number of aromatic nitrogens is 2. The van der Waals surface area contributed by atoms with Gasteiger partial charge in [0.05, 0.1) is 78.4 Å². The molecule has 31 heavy (non-hydrogen) atoms. The van der Waals surface area contributed by atoms with Gasteiger partial charge in [-0.2, -0.15) is 0 Å². The lowest BCUT2D eigenvalue weighted by molar-refractivity contribution is -0.122. The third-order valence-electron chi connectivity index (χ3n) is 3.76. The van der Waals surface area contributed by atoms with E-state index in [1.165, 1.54) is 0 Å². The van der Waals surface area contributed by atoms with Crippen LogP contribution in [0.5, 0.6) is 0 Å². The summed E-state index contributed by atoms with van der Waals surface area (Å²) in [4.78, 5) is 21.3. The number of ether oxygens (including phenoxy) is 5. The van der Waals surface area contributed by atoms with E-state index in [-0.39, 0.29) is 5.91 Å². The number of rotatable bonds is 21. The molecule has 1 aromatic rings. The van der Waals surface area contributed by atoms with Crippen molar-refractivity contribution in [1.82, 2.24) is 15.3 Å². The van der Waals surface area contributed by atoms with Crippen LogP contribution in [0.15, 0.2) is 17.6 Å². The van der Waals surface area contributed by atoms with Gasteiger partial charge in [0.25, 0.3) is 0 Å². The van der Waals surface area contributed by atoms with Crippen LogP contribution in [0, 0.1) is 0 Å². The number of amides is 1. The minimum absolute atomic E-state index is 0.228. The summed E-state index contributed by atoms with van der Waals surface area (Å²) in [6, 6.07) is -0.627. The minimum Gasteiger partial charge on any atom is -0.379 e. The summed E-state index contributed by atoms with van der Waals surface area (Å²) in [5.41, 5.74) is 14.7. The fourth-order valence-electron chi connectivity index (χ4n) is 2.24. The van der Waals surface area contributed by atoms with E-state index in [2.05, 4.69) is 25.3 Å². The first kappa shape index (κ1) is 26.8. The Morgan fingerprint density at radius 2 is 1.58 bits per heavy atom. The predicted octanol–water partition coefficient (Wildman–Crippen LogP) is -0.211. The fourth-order valence-corrected chi connectivity index (χ4v) is 2.24. The molecule has 0 radical (unpaired) electrons. The van der Waals surface area contributed by atoms with Crippen molar-refractivity contribution in [2.24, 2.45) is 10.8 Å². The van der Waals surface area contributed by atoms with Crippen molar-refractivity contribution in [2.75, 3.05) is 79.2 Å². The molecule has 0 saturated heterocycles. The number of carbonyl (C=O) groups excluding carboxylic acids is 1. The van der Waals surface area contributed by atoms with Crippen LogP contribution < -0.4 is 11.1 Å². The molecule has 0 aliphatic heterocycles. The zero-order chi connectivity index (χ0) is 22.4. The highest BCUT2D eigenvalue weighted by atomic mass is 16.6. The third kappa shape index (κ3) is 16.2. The monoisotopic (exact) mass is 443 g/mol. The normalized spacial score (nSPS) is 11.8. The molecule has 0 aliphatic rings. The molecule has 13 nitrogen and oxygen atoms in total. The van der Waals surface area contributed by atoms with Crippen LogP contribution in [0.25, 0.3) is 10.4 Å². The van der Waals surface area contributed by atoms with Crippen LogP contribution in [0.4, 0.5) is 0 Å². The van der Waals surface area contributed by atoms with E-state index in [0.29, 0.717) is 85.6 Å². The second kappa shape index (κ2) is 19.7. The Bertz CT molecular complexity index is 598. The zero-order valence-corrected chi connectivity index (χ0v) is 17.7. The van der Waals surface area contributed by atoms with Crippen LogP contribution in [-0.4, -0.2) is 101 Å².